The Labute approximate surface area is 121 Å². The summed E-state index contributed by atoms with van der Waals surface area (Å²) in [6, 6.07) is 14.5. The first kappa shape index (κ1) is 13.4. The Morgan fingerprint density at radius 1 is 1.14 bits per heavy atom. The number of ether oxygens (including phenoxy) is 1. The third-order valence-corrected chi connectivity index (χ3v) is 3.39. The fourth-order valence-corrected chi connectivity index (χ4v) is 2.33. The van der Waals surface area contributed by atoms with Gasteiger partial charge < -0.3 is 14.3 Å². The Hall–Kier alpha value is -2.59. The van der Waals surface area contributed by atoms with Crippen molar-refractivity contribution >= 4 is 11.0 Å². The van der Waals surface area contributed by atoms with Crippen LogP contribution in [0.3, 0.4) is 0 Å². The van der Waals surface area contributed by atoms with Crippen molar-refractivity contribution in [1.29, 1.82) is 0 Å². The number of hydrogen-bond acceptors (Lipinski definition) is 4. The van der Waals surface area contributed by atoms with Crippen LogP contribution in [0.1, 0.15) is 5.56 Å². The molecule has 3 rings (SSSR count). The van der Waals surface area contributed by atoms with E-state index in [-0.39, 0.29) is 6.61 Å². The minimum atomic E-state index is -0.396. The highest BCUT2D eigenvalue weighted by atomic mass is 16.5. The lowest BCUT2D eigenvalue weighted by molar-refractivity contribution is 0.274. The number of fused-ring (bicyclic) bond motifs is 1. The third kappa shape index (κ3) is 2.41. The van der Waals surface area contributed by atoms with Crippen molar-refractivity contribution in [3.63, 3.8) is 0 Å². The van der Waals surface area contributed by atoms with E-state index in [9.17, 15) is 9.90 Å². The fraction of sp³-hybridized carbons (Fsp3) is 0.118. The largest absolute Gasteiger partial charge is 0.496 e. The Morgan fingerprint density at radius 3 is 2.57 bits per heavy atom. The lowest BCUT2D eigenvalue weighted by Gasteiger charge is -2.08. The third-order valence-electron chi connectivity index (χ3n) is 3.39. The zero-order valence-electron chi connectivity index (χ0n) is 11.5. The molecule has 1 heterocycles. The summed E-state index contributed by atoms with van der Waals surface area (Å²) < 4.78 is 10.5. The van der Waals surface area contributed by atoms with Gasteiger partial charge in [-0.1, -0.05) is 30.3 Å². The molecule has 0 unspecified atom stereocenters. The molecule has 106 valence electrons. The van der Waals surface area contributed by atoms with Crippen LogP contribution >= 0.6 is 0 Å². The minimum Gasteiger partial charge on any atom is -0.496 e. The molecule has 21 heavy (non-hydrogen) atoms. The average molecular weight is 282 g/mol. The summed E-state index contributed by atoms with van der Waals surface area (Å²) in [4.78, 5) is 12.1. The molecule has 0 saturated carbocycles. The van der Waals surface area contributed by atoms with Gasteiger partial charge in [0.15, 0.2) is 0 Å². The van der Waals surface area contributed by atoms with Gasteiger partial charge in [-0.15, -0.1) is 0 Å². The summed E-state index contributed by atoms with van der Waals surface area (Å²) in [5.74, 6) is 0.501. The Balaban J connectivity index is 2.26. The van der Waals surface area contributed by atoms with Crippen molar-refractivity contribution < 1.29 is 14.3 Å². The molecule has 0 fully saturated rings. The maximum Gasteiger partial charge on any atom is 0.344 e. The topological polar surface area (TPSA) is 59.7 Å². The van der Waals surface area contributed by atoms with E-state index in [0.29, 0.717) is 22.5 Å². The molecule has 0 aliphatic heterocycles. The van der Waals surface area contributed by atoms with Crippen molar-refractivity contribution in [2.45, 2.75) is 6.61 Å². The maximum absolute atomic E-state index is 12.1. The molecule has 1 N–H and O–H groups in total. The van der Waals surface area contributed by atoms with Crippen molar-refractivity contribution in [2.75, 3.05) is 7.11 Å². The minimum absolute atomic E-state index is 0.140. The van der Waals surface area contributed by atoms with Gasteiger partial charge in [0.1, 0.15) is 11.3 Å². The lowest BCUT2D eigenvalue weighted by Crippen LogP contribution is -2.03. The van der Waals surface area contributed by atoms with E-state index in [0.717, 1.165) is 10.9 Å². The number of rotatable bonds is 3. The van der Waals surface area contributed by atoms with Gasteiger partial charge in [0, 0.05) is 17.0 Å². The van der Waals surface area contributed by atoms with Crippen LogP contribution in [-0.2, 0) is 6.61 Å². The van der Waals surface area contributed by atoms with Crippen molar-refractivity contribution in [2.24, 2.45) is 0 Å². The van der Waals surface area contributed by atoms with Gasteiger partial charge in [-0.3, -0.25) is 0 Å². The SMILES string of the molecule is COc1cc2oc(=O)c(-c3ccccc3)cc2cc1CO. The zero-order chi connectivity index (χ0) is 14.8. The molecule has 4 heteroatoms. The quantitative estimate of drug-likeness (QED) is 0.750. The maximum atomic E-state index is 12.1. The highest BCUT2D eigenvalue weighted by Gasteiger charge is 2.11. The fourth-order valence-electron chi connectivity index (χ4n) is 2.33. The summed E-state index contributed by atoms with van der Waals surface area (Å²) >= 11 is 0. The predicted molar refractivity (Wildman–Crippen MR) is 80.4 cm³/mol. The van der Waals surface area contributed by atoms with Crippen LogP contribution in [-0.4, -0.2) is 12.2 Å². The van der Waals surface area contributed by atoms with E-state index in [1.165, 1.54) is 7.11 Å². The molecule has 0 aliphatic rings. The van der Waals surface area contributed by atoms with Gasteiger partial charge in [-0.2, -0.15) is 0 Å². The monoisotopic (exact) mass is 282 g/mol. The molecule has 0 radical (unpaired) electrons. The van der Waals surface area contributed by atoms with Crippen molar-refractivity contribution in [1.82, 2.24) is 0 Å². The van der Waals surface area contributed by atoms with Crippen LogP contribution in [0.4, 0.5) is 0 Å². The smallest absolute Gasteiger partial charge is 0.344 e. The molecule has 0 spiro atoms. The number of hydrogen-bond donors (Lipinski definition) is 1. The van der Waals surface area contributed by atoms with Crippen LogP contribution in [0, 0.1) is 0 Å². The Kier molecular flexibility index (Phi) is 3.46. The van der Waals surface area contributed by atoms with E-state index in [4.69, 9.17) is 9.15 Å². The van der Waals surface area contributed by atoms with Gasteiger partial charge in [0.2, 0.25) is 0 Å². The summed E-state index contributed by atoms with van der Waals surface area (Å²) in [5, 5.41) is 10.1. The van der Waals surface area contributed by atoms with Gasteiger partial charge in [0.25, 0.3) is 0 Å². The number of methoxy groups -OCH3 is 1. The summed E-state index contributed by atoms with van der Waals surface area (Å²) in [7, 11) is 1.51. The molecule has 1 aromatic heterocycles. The van der Waals surface area contributed by atoms with Crippen molar-refractivity contribution in [3.8, 4) is 16.9 Å². The summed E-state index contributed by atoms with van der Waals surface area (Å²) in [6.07, 6.45) is 0. The lowest BCUT2D eigenvalue weighted by atomic mass is 10.0. The second-order valence-electron chi connectivity index (χ2n) is 4.67. The van der Waals surface area contributed by atoms with Crippen LogP contribution in [0.2, 0.25) is 0 Å². The molecule has 0 aliphatic carbocycles. The van der Waals surface area contributed by atoms with Gasteiger partial charge in [-0.05, 0) is 17.7 Å². The molecule has 0 bridgehead atoms. The summed E-state index contributed by atoms with van der Waals surface area (Å²) in [6.45, 7) is -0.140. The molecule has 0 amide bonds. The second kappa shape index (κ2) is 5.42. The van der Waals surface area contributed by atoms with Gasteiger partial charge in [0.05, 0.1) is 19.3 Å². The molecule has 2 aromatic carbocycles. The average Bonchev–Trinajstić information content (AvgIpc) is 2.53. The summed E-state index contributed by atoms with van der Waals surface area (Å²) in [5.41, 5.74) is 1.99. The first-order valence-corrected chi connectivity index (χ1v) is 6.54. The standard InChI is InChI=1S/C17H14O4/c1-20-15-9-16-12(7-13(15)10-18)8-14(17(19)21-16)11-5-3-2-4-6-11/h2-9,18H,10H2,1H3. The van der Waals surface area contributed by atoms with E-state index >= 15 is 0 Å². The first-order valence-electron chi connectivity index (χ1n) is 6.54. The van der Waals surface area contributed by atoms with Crippen molar-refractivity contribution in [3.05, 3.63) is 64.5 Å². The molecule has 4 nitrogen and oxygen atoms in total. The van der Waals surface area contributed by atoms with Crippen LogP contribution in [0.5, 0.6) is 5.75 Å². The number of aliphatic hydroxyl groups excluding tert-OH is 1. The van der Waals surface area contributed by atoms with E-state index in [1.54, 1.807) is 18.2 Å². The molecule has 0 atom stereocenters. The van der Waals surface area contributed by atoms with Gasteiger partial charge >= 0.3 is 5.63 Å². The normalized spacial score (nSPS) is 10.8. The number of aliphatic hydroxyl groups is 1. The first-order chi connectivity index (χ1) is 10.2. The van der Waals surface area contributed by atoms with E-state index in [1.807, 2.05) is 30.3 Å². The number of benzene rings is 2. The van der Waals surface area contributed by atoms with Gasteiger partial charge in [-0.25, -0.2) is 4.79 Å². The van der Waals surface area contributed by atoms with Crippen LogP contribution in [0.15, 0.2) is 57.7 Å². The molecule has 3 aromatic rings. The van der Waals surface area contributed by atoms with E-state index in [2.05, 4.69) is 0 Å². The molecule has 0 saturated heterocycles. The molecular weight excluding hydrogens is 268 g/mol. The van der Waals surface area contributed by atoms with Crippen LogP contribution < -0.4 is 10.4 Å². The highest BCUT2D eigenvalue weighted by Crippen LogP contribution is 2.27. The van der Waals surface area contributed by atoms with E-state index < -0.39 is 5.63 Å². The van der Waals surface area contributed by atoms with Crippen LogP contribution in [0.25, 0.3) is 22.1 Å². The molecular formula is C17H14O4. The zero-order valence-corrected chi connectivity index (χ0v) is 11.5. The Bertz CT molecular complexity index is 835. The Morgan fingerprint density at radius 2 is 1.90 bits per heavy atom. The predicted octanol–water partition coefficient (Wildman–Crippen LogP) is 2.96. The highest BCUT2D eigenvalue weighted by molar-refractivity contribution is 5.83. The second-order valence-corrected chi connectivity index (χ2v) is 4.67.